The average molecular weight is 443 g/mol. The second-order valence-corrected chi connectivity index (χ2v) is 8.57. The second kappa shape index (κ2) is 12.7. The van der Waals surface area contributed by atoms with Gasteiger partial charge in [-0.3, -0.25) is 0 Å². The van der Waals surface area contributed by atoms with Crippen LogP contribution in [-0.2, 0) is 0 Å². The minimum atomic E-state index is -0.373. The van der Waals surface area contributed by atoms with E-state index in [-0.39, 0.29) is 5.97 Å². The number of unbranched alkanes of at least 4 members (excludes halogenated alkanes) is 4. The highest BCUT2D eigenvalue weighted by Crippen LogP contribution is 2.26. The van der Waals surface area contributed by atoms with Crippen LogP contribution in [0.4, 0.5) is 0 Å². The Hall–Kier alpha value is -3.25. The summed E-state index contributed by atoms with van der Waals surface area (Å²) in [6.07, 6.45) is 6.89. The molecule has 0 amide bonds. The first kappa shape index (κ1) is 24.4. The summed E-state index contributed by atoms with van der Waals surface area (Å²) in [5.74, 6) is 7.92. The number of ether oxygens (including phenoxy) is 2. The molecule has 33 heavy (non-hydrogen) atoms. The summed E-state index contributed by atoms with van der Waals surface area (Å²) in [4.78, 5) is 12.6. The Labute approximate surface area is 198 Å². The molecule has 1 unspecified atom stereocenters. The molecule has 0 fully saturated rings. The van der Waals surface area contributed by atoms with Crippen LogP contribution in [0.15, 0.2) is 60.7 Å². The standard InChI is InChI=1S/C30H34O3/c1-4-6-7-8-9-10-11-24-12-14-25(15-13-24)30(31)33-29-19-17-26-20-28(18-16-27(26)21-29)32-22-23(3)5-2/h12-21,23H,4-9,22H2,1-3H3. The van der Waals surface area contributed by atoms with Gasteiger partial charge < -0.3 is 9.47 Å². The first-order valence-electron chi connectivity index (χ1n) is 12.1. The maximum Gasteiger partial charge on any atom is 0.343 e. The Morgan fingerprint density at radius 2 is 1.58 bits per heavy atom. The van der Waals surface area contributed by atoms with Crippen molar-refractivity contribution in [3.05, 3.63) is 71.8 Å². The van der Waals surface area contributed by atoms with Crippen molar-refractivity contribution in [1.29, 1.82) is 0 Å². The van der Waals surface area contributed by atoms with E-state index in [4.69, 9.17) is 9.47 Å². The summed E-state index contributed by atoms with van der Waals surface area (Å²) in [6.45, 7) is 7.26. The molecular formula is C30H34O3. The summed E-state index contributed by atoms with van der Waals surface area (Å²) in [7, 11) is 0. The lowest BCUT2D eigenvalue weighted by atomic mass is 10.1. The zero-order chi connectivity index (χ0) is 23.5. The molecule has 3 aromatic carbocycles. The van der Waals surface area contributed by atoms with E-state index in [1.54, 1.807) is 12.1 Å². The lowest BCUT2D eigenvalue weighted by molar-refractivity contribution is 0.0735. The monoisotopic (exact) mass is 442 g/mol. The van der Waals surface area contributed by atoms with E-state index in [2.05, 4.69) is 32.6 Å². The van der Waals surface area contributed by atoms with Crippen molar-refractivity contribution in [2.75, 3.05) is 6.61 Å². The van der Waals surface area contributed by atoms with Gasteiger partial charge in [-0.25, -0.2) is 4.79 Å². The predicted octanol–water partition coefficient (Wildman–Crippen LogP) is 7.81. The lowest BCUT2D eigenvalue weighted by Gasteiger charge is -2.12. The van der Waals surface area contributed by atoms with E-state index in [0.29, 0.717) is 23.8 Å². The van der Waals surface area contributed by atoms with Gasteiger partial charge in [-0.05, 0) is 71.6 Å². The molecule has 0 aliphatic heterocycles. The zero-order valence-corrected chi connectivity index (χ0v) is 20.0. The van der Waals surface area contributed by atoms with E-state index < -0.39 is 0 Å². The van der Waals surface area contributed by atoms with Crippen molar-refractivity contribution in [2.24, 2.45) is 5.92 Å². The number of esters is 1. The SMILES string of the molecule is CCCCCCC#Cc1ccc(C(=O)Oc2ccc3cc(OCC(C)CC)ccc3c2)cc1. The number of hydrogen-bond acceptors (Lipinski definition) is 3. The van der Waals surface area contributed by atoms with Gasteiger partial charge >= 0.3 is 5.97 Å². The highest BCUT2D eigenvalue weighted by Gasteiger charge is 2.09. The van der Waals surface area contributed by atoms with Crippen molar-refractivity contribution in [3.63, 3.8) is 0 Å². The van der Waals surface area contributed by atoms with Crippen molar-refractivity contribution in [2.45, 2.75) is 59.3 Å². The molecule has 3 nitrogen and oxygen atoms in total. The third kappa shape index (κ3) is 7.68. The number of rotatable bonds is 10. The van der Waals surface area contributed by atoms with Crippen molar-refractivity contribution in [3.8, 4) is 23.3 Å². The van der Waals surface area contributed by atoms with Crippen LogP contribution in [0.1, 0.15) is 75.2 Å². The molecule has 0 N–H and O–H groups in total. The van der Waals surface area contributed by atoms with Crippen molar-refractivity contribution >= 4 is 16.7 Å². The fourth-order valence-corrected chi connectivity index (χ4v) is 3.37. The molecule has 0 aromatic heterocycles. The van der Waals surface area contributed by atoms with E-state index in [1.165, 1.54) is 19.3 Å². The summed E-state index contributed by atoms with van der Waals surface area (Å²) in [5, 5.41) is 2.05. The minimum Gasteiger partial charge on any atom is -0.493 e. The van der Waals surface area contributed by atoms with Gasteiger partial charge in [-0.1, -0.05) is 70.4 Å². The molecular weight excluding hydrogens is 408 g/mol. The number of carbonyl (C=O) groups excluding carboxylic acids is 1. The fraction of sp³-hybridized carbons (Fsp3) is 0.367. The third-order valence-corrected chi connectivity index (χ3v) is 5.73. The molecule has 3 aromatic rings. The van der Waals surface area contributed by atoms with Gasteiger partial charge in [0.1, 0.15) is 11.5 Å². The third-order valence-electron chi connectivity index (χ3n) is 5.73. The molecule has 3 rings (SSSR count). The van der Waals surface area contributed by atoms with Crippen LogP contribution in [-0.4, -0.2) is 12.6 Å². The summed E-state index contributed by atoms with van der Waals surface area (Å²) < 4.78 is 11.5. The lowest BCUT2D eigenvalue weighted by Crippen LogP contribution is -2.08. The second-order valence-electron chi connectivity index (χ2n) is 8.57. The topological polar surface area (TPSA) is 35.5 Å². The number of benzene rings is 3. The quantitative estimate of drug-likeness (QED) is 0.139. The van der Waals surface area contributed by atoms with Gasteiger partial charge in [-0.15, -0.1) is 0 Å². The van der Waals surface area contributed by atoms with E-state index in [9.17, 15) is 4.79 Å². The zero-order valence-electron chi connectivity index (χ0n) is 20.0. The molecule has 0 heterocycles. The summed E-state index contributed by atoms with van der Waals surface area (Å²) in [6, 6.07) is 18.9. The van der Waals surface area contributed by atoms with Crippen molar-refractivity contribution < 1.29 is 14.3 Å². The molecule has 3 heteroatoms. The van der Waals surface area contributed by atoms with Gasteiger partial charge in [0.15, 0.2) is 0 Å². The molecule has 0 saturated carbocycles. The maximum atomic E-state index is 12.6. The molecule has 172 valence electrons. The molecule has 0 bridgehead atoms. The van der Waals surface area contributed by atoms with Gasteiger partial charge in [0.2, 0.25) is 0 Å². The molecule has 0 aliphatic rings. The molecule has 1 atom stereocenters. The Bertz CT molecular complexity index is 1100. The Morgan fingerprint density at radius 1 is 0.879 bits per heavy atom. The minimum absolute atomic E-state index is 0.373. The molecule has 0 saturated heterocycles. The van der Waals surface area contributed by atoms with E-state index >= 15 is 0 Å². The predicted molar refractivity (Wildman–Crippen MR) is 136 cm³/mol. The molecule has 0 spiro atoms. The summed E-state index contributed by atoms with van der Waals surface area (Å²) >= 11 is 0. The van der Waals surface area contributed by atoms with Crippen LogP contribution in [0.2, 0.25) is 0 Å². The summed E-state index contributed by atoms with van der Waals surface area (Å²) in [5.41, 5.74) is 1.43. The molecule has 0 radical (unpaired) electrons. The highest BCUT2D eigenvalue weighted by molar-refractivity contribution is 5.92. The maximum absolute atomic E-state index is 12.6. The van der Waals surface area contributed by atoms with Crippen LogP contribution >= 0.6 is 0 Å². The van der Waals surface area contributed by atoms with Crippen LogP contribution < -0.4 is 9.47 Å². The fourth-order valence-electron chi connectivity index (χ4n) is 3.37. The molecule has 0 aliphatic carbocycles. The number of hydrogen-bond donors (Lipinski definition) is 0. The van der Waals surface area contributed by atoms with Crippen LogP contribution in [0.3, 0.4) is 0 Å². The van der Waals surface area contributed by atoms with Gasteiger partial charge in [0.05, 0.1) is 12.2 Å². The van der Waals surface area contributed by atoms with Gasteiger partial charge in [0, 0.05) is 12.0 Å². The van der Waals surface area contributed by atoms with E-state index in [1.807, 2.05) is 48.5 Å². The Morgan fingerprint density at radius 3 is 2.27 bits per heavy atom. The van der Waals surface area contributed by atoms with Crippen LogP contribution in [0.25, 0.3) is 10.8 Å². The van der Waals surface area contributed by atoms with Gasteiger partial charge in [-0.2, -0.15) is 0 Å². The first-order valence-corrected chi connectivity index (χ1v) is 12.1. The highest BCUT2D eigenvalue weighted by atomic mass is 16.5. The number of carbonyl (C=O) groups is 1. The first-order chi connectivity index (χ1) is 16.1. The Kier molecular flexibility index (Phi) is 9.39. The van der Waals surface area contributed by atoms with Crippen molar-refractivity contribution in [1.82, 2.24) is 0 Å². The normalized spacial score (nSPS) is 11.5. The van der Waals surface area contributed by atoms with Crippen LogP contribution in [0.5, 0.6) is 11.5 Å². The average Bonchev–Trinajstić information content (AvgIpc) is 2.84. The van der Waals surface area contributed by atoms with E-state index in [0.717, 1.165) is 41.3 Å². The van der Waals surface area contributed by atoms with Crippen LogP contribution in [0, 0.1) is 17.8 Å². The Balaban J connectivity index is 1.58. The number of fused-ring (bicyclic) bond motifs is 1. The largest absolute Gasteiger partial charge is 0.493 e. The smallest absolute Gasteiger partial charge is 0.343 e. The van der Waals surface area contributed by atoms with Gasteiger partial charge in [0.25, 0.3) is 0 Å².